The highest BCUT2D eigenvalue weighted by Gasteiger charge is 2.15. The van der Waals surface area contributed by atoms with E-state index in [0.717, 1.165) is 43.4 Å². The Kier molecular flexibility index (Phi) is 4.97. The summed E-state index contributed by atoms with van der Waals surface area (Å²) >= 11 is 0. The van der Waals surface area contributed by atoms with E-state index in [-0.39, 0.29) is 0 Å². The molecular formula is C23H22N6O2. The number of aromatic nitrogens is 3. The molecule has 0 spiro atoms. The number of ether oxygens (including phenoxy) is 1. The number of morpholine rings is 1. The average Bonchev–Trinajstić information content (AvgIpc) is 3.31. The fourth-order valence-corrected chi connectivity index (χ4v) is 3.86. The van der Waals surface area contributed by atoms with Crippen LogP contribution in [0.1, 0.15) is 10.4 Å². The fourth-order valence-electron chi connectivity index (χ4n) is 3.86. The maximum absolute atomic E-state index is 11.9. The first-order valence-corrected chi connectivity index (χ1v) is 10.1. The van der Waals surface area contributed by atoms with E-state index in [1.807, 2.05) is 36.4 Å². The van der Waals surface area contributed by atoms with E-state index in [1.165, 1.54) is 12.0 Å². The van der Waals surface area contributed by atoms with Crippen LogP contribution in [0, 0.1) is 0 Å². The molecule has 1 fully saturated rings. The lowest BCUT2D eigenvalue weighted by molar-refractivity contribution is 0.100. The molecule has 5 rings (SSSR count). The number of fused-ring (bicyclic) bond motifs is 1. The number of carbonyl (C=O) groups excluding carboxylic acids is 1. The summed E-state index contributed by atoms with van der Waals surface area (Å²) in [7, 11) is 0. The van der Waals surface area contributed by atoms with Crippen molar-refractivity contribution in [2.24, 2.45) is 5.73 Å². The van der Waals surface area contributed by atoms with Crippen LogP contribution < -0.4 is 16.0 Å². The number of amides is 1. The quantitative estimate of drug-likeness (QED) is 0.521. The molecule has 1 aliphatic rings. The monoisotopic (exact) mass is 414 g/mol. The van der Waals surface area contributed by atoms with E-state index in [0.29, 0.717) is 16.8 Å². The number of anilines is 3. The van der Waals surface area contributed by atoms with Crippen LogP contribution in [0.3, 0.4) is 0 Å². The maximum atomic E-state index is 11.9. The minimum atomic E-state index is -0.480. The van der Waals surface area contributed by atoms with Gasteiger partial charge in [0.2, 0.25) is 5.91 Å². The highest BCUT2D eigenvalue weighted by atomic mass is 16.5. The molecule has 0 bridgehead atoms. The molecule has 4 aromatic rings. The highest BCUT2D eigenvalue weighted by Crippen LogP contribution is 2.29. The minimum absolute atomic E-state index is 0.443. The normalized spacial score (nSPS) is 14.0. The van der Waals surface area contributed by atoms with Gasteiger partial charge in [0, 0.05) is 35.6 Å². The summed E-state index contributed by atoms with van der Waals surface area (Å²) < 4.78 is 7.14. The topological polar surface area (TPSA) is 97.8 Å². The van der Waals surface area contributed by atoms with Crippen molar-refractivity contribution in [3.63, 3.8) is 0 Å². The molecule has 0 saturated carbocycles. The Balaban J connectivity index is 1.45. The zero-order valence-electron chi connectivity index (χ0n) is 16.9. The van der Waals surface area contributed by atoms with Crippen LogP contribution in [-0.2, 0) is 4.74 Å². The van der Waals surface area contributed by atoms with Gasteiger partial charge in [-0.2, -0.15) is 5.10 Å². The molecule has 31 heavy (non-hydrogen) atoms. The first-order chi connectivity index (χ1) is 15.2. The van der Waals surface area contributed by atoms with Crippen molar-refractivity contribution in [2.45, 2.75) is 0 Å². The van der Waals surface area contributed by atoms with Crippen molar-refractivity contribution in [1.29, 1.82) is 0 Å². The molecule has 0 atom stereocenters. The summed E-state index contributed by atoms with van der Waals surface area (Å²) in [6, 6.07) is 19.4. The zero-order valence-corrected chi connectivity index (χ0v) is 16.9. The number of nitrogens with zero attached hydrogens (tertiary/aromatic N) is 4. The smallest absolute Gasteiger partial charge is 0.249 e. The molecule has 8 nitrogen and oxygen atoms in total. The molecule has 8 heteroatoms. The van der Waals surface area contributed by atoms with Crippen LogP contribution in [0.4, 0.5) is 17.1 Å². The van der Waals surface area contributed by atoms with Gasteiger partial charge in [0.1, 0.15) is 6.33 Å². The number of benzene rings is 2. The molecule has 0 unspecified atom stereocenters. The number of nitrogens with one attached hydrogen (secondary N) is 1. The second-order valence-electron chi connectivity index (χ2n) is 7.31. The van der Waals surface area contributed by atoms with Crippen LogP contribution in [-0.4, -0.2) is 46.8 Å². The largest absolute Gasteiger partial charge is 0.378 e. The highest BCUT2D eigenvalue weighted by molar-refractivity contribution is 5.99. The van der Waals surface area contributed by atoms with Gasteiger partial charge < -0.3 is 20.7 Å². The molecule has 156 valence electrons. The van der Waals surface area contributed by atoms with Crippen LogP contribution in [0.5, 0.6) is 0 Å². The number of pyridine rings is 1. The van der Waals surface area contributed by atoms with Crippen molar-refractivity contribution in [3.8, 4) is 11.3 Å². The minimum Gasteiger partial charge on any atom is -0.378 e. The standard InChI is InChI=1S/C23H22N6O2/c24-22(30)19-4-2-1-3-18(19)21-10-9-20(23-25-15-26-29(21)23)27-16-5-7-17(8-6-16)28-11-13-31-14-12-28/h1-10,15,27H,11-14H2,(H2,24,30). The summed E-state index contributed by atoms with van der Waals surface area (Å²) in [4.78, 5) is 18.6. The third-order valence-corrected chi connectivity index (χ3v) is 5.42. The fraction of sp³-hybridized carbons (Fsp3) is 0.174. The van der Waals surface area contributed by atoms with Crippen molar-refractivity contribution in [1.82, 2.24) is 14.6 Å². The number of nitrogens with two attached hydrogens (primary N) is 1. The van der Waals surface area contributed by atoms with E-state index in [4.69, 9.17) is 10.5 Å². The summed E-state index contributed by atoms with van der Waals surface area (Å²) in [5.74, 6) is -0.480. The van der Waals surface area contributed by atoms with Gasteiger partial charge in [0.05, 0.1) is 24.6 Å². The Morgan fingerprint density at radius 2 is 1.77 bits per heavy atom. The lowest BCUT2D eigenvalue weighted by atomic mass is 10.0. The molecule has 1 saturated heterocycles. The molecule has 3 N–H and O–H groups in total. The van der Waals surface area contributed by atoms with Crippen molar-refractivity contribution in [2.75, 3.05) is 36.5 Å². The van der Waals surface area contributed by atoms with Gasteiger partial charge in [0.25, 0.3) is 0 Å². The summed E-state index contributed by atoms with van der Waals surface area (Å²) in [5, 5.41) is 7.79. The Morgan fingerprint density at radius 1 is 1.00 bits per heavy atom. The third kappa shape index (κ3) is 3.69. The van der Waals surface area contributed by atoms with E-state index in [1.54, 1.807) is 16.6 Å². The number of primary amides is 1. The van der Waals surface area contributed by atoms with Gasteiger partial charge in [-0.1, -0.05) is 18.2 Å². The van der Waals surface area contributed by atoms with Crippen molar-refractivity contribution < 1.29 is 9.53 Å². The number of hydrogen-bond acceptors (Lipinski definition) is 6. The predicted molar refractivity (Wildman–Crippen MR) is 120 cm³/mol. The molecule has 2 aromatic carbocycles. The van der Waals surface area contributed by atoms with Crippen LogP contribution in [0.15, 0.2) is 67.0 Å². The summed E-state index contributed by atoms with van der Waals surface area (Å²) in [6.07, 6.45) is 1.50. The Bertz CT molecular complexity index is 1230. The maximum Gasteiger partial charge on any atom is 0.249 e. The number of rotatable bonds is 5. The van der Waals surface area contributed by atoms with Gasteiger partial charge in [-0.05, 0) is 42.5 Å². The Labute approximate surface area is 179 Å². The van der Waals surface area contributed by atoms with E-state index < -0.39 is 5.91 Å². The van der Waals surface area contributed by atoms with E-state index >= 15 is 0 Å². The molecule has 0 radical (unpaired) electrons. The van der Waals surface area contributed by atoms with Gasteiger partial charge in [-0.25, -0.2) is 9.50 Å². The predicted octanol–water partition coefficient (Wildman–Crippen LogP) is 3.08. The van der Waals surface area contributed by atoms with Gasteiger partial charge >= 0.3 is 0 Å². The molecule has 3 heterocycles. The first kappa shape index (κ1) is 19.1. The first-order valence-electron chi connectivity index (χ1n) is 10.1. The second-order valence-corrected chi connectivity index (χ2v) is 7.31. The summed E-state index contributed by atoms with van der Waals surface area (Å²) in [5.41, 5.74) is 11.1. The molecule has 2 aromatic heterocycles. The van der Waals surface area contributed by atoms with Crippen LogP contribution in [0.2, 0.25) is 0 Å². The molecular weight excluding hydrogens is 392 g/mol. The van der Waals surface area contributed by atoms with E-state index in [2.05, 4.69) is 32.4 Å². The van der Waals surface area contributed by atoms with Gasteiger partial charge in [-0.3, -0.25) is 4.79 Å². The number of hydrogen-bond donors (Lipinski definition) is 2. The second kappa shape index (κ2) is 8.08. The summed E-state index contributed by atoms with van der Waals surface area (Å²) in [6.45, 7) is 3.33. The van der Waals surface area contributed by atoms with Crippen molar-refractivity contribution >= 4 is 28.6 Å². The van der Waals surface area contributed by atoms with Crippen LogP contribution in [0.25, 0.3) is 16.9 Å². The molecule has 0 aliphatic carbocycles. The Hall–Kier alpha value is -3.91. The van der Waals surface area contributed by atoms with Gasteiger partial charge in [0.15, 0.2) is 5.65 Å². The average molecular weight is 414 g/mol. The van der Waals surface area contributed by atoms with Crippen molar-refractivity contribution in [3.05, 3.63) is 72.6 Å². The molecule has 1 amide bonds. The zero-order chi connectivity index (χ0) is 21.2. The Morgan fingerprint density at radius 3 is 2.55 bits per heavy atom. The van der Waals surface area contributed by atoms with Gasteiger partial charge in [-0.15, -0.1) is 0 Å². The third-order valence-electron chi connectivity index (χ3n) is 5.42. The SMILES string of the molecule is NC(=O)c1ccccc1-c1ccc(Nc2ccc(N3CCOCC3)cc2)c2ncnn12. The van der Waals surface area contributed by atoms with Crippen LogP contribution >= 0.6 is 0 Å². The lowest BCUT2D eigenvalue weighted by Gasteiger charge is -2.28. The lowest BCUT2D eigenvalue weighted by Crippen LogP contribution is -2.36. The number of carbonyl (C=O) groups is 1. The van der Waals surface area contributed by atoms with E-state index in [9.17, 15) is 4.79 Å². The molecule has 1 aliphatic heterocycles.